The van der Waals surface area contributed by atoms with Crippen LogP contribution in [0, 0.1) is 0 Å². The topological polar surface area (TPSA) is 95.7 Å². The fraction of sp³-hybridized carbons (Fsp3) is 0.474. The summed E-state index contributed by atoms with van der Waals surface area (Å²) >= 11 is 6.00. The number of hydrogen-bond donors (Lipinski definition) is 2. The van der Waals surface area contributed by atoms with Crippen molar-refractivity contribution in [1.82, 2.24) is 25.7 Å². The van der Waals surface area contributed by atoms with Crippen LogP contribution in [0.3, 0.4) is 0 Å². The molecule has 160 valence electrons. The Kier molecular flexibility index (Phi) is 9.84. The summed E-state index contributed by atoms with van der Waals surface area (Å²) in [5.41, 5.74) is 0.489. The molecule has 0 aliphatic rings. The van der Waals surface area contributed by atoms with E-state index < -0.39 is 0 Å². The van der Waals surface area contributed by atoms with Gasteiger partial charge in [-0.05, 0) is 39.8 Å². The zero-order valence-electron chi connectivity index (χ0n) is 17.3. The number of amides is 1. The van der Waals surface area contributed by atoms with E-state index in [0.717, 1.165) is 5.56 Å². The summed E-state index contributed by atoms with van der Waals surface area (Å²) in [5, 5.41) is 10.7. The molecule has 0 aliphatic carbocycles. The van der Waals surface area contributed by atoms with E-state index in [9.17, 15) is 4.79 Å². The number of nitrogens with zero attached hydrogens (tertiary/aromatic N) is 4. The van der Waals surface area contributed by atoms with Crippen LogP contribution in [0.15, 0.2) is 33.8 Å². The van der Waals surface area contributed by atoms with Gasteiger partial charge in [0.1, 0.15) is 6.54 Å². The summed E-state index contributed by atoms with van der Waals surface area (Å²) in [6.45, 7) is 8.83. The van der Waals surface area contributed by atoms with Gasteiger partial charge in [-0.1, -0.05) is 28.9 Å². The second-order valence-electron chi connectivity index (χ2n) is 7.35. The maximum Gasteiger partial charge on any atom is 0.248 e. The third kappa shape index (κ3) is 8.57. The predicted octanol–water partition coefficient (Wildman–Crippen LogP) is 3.32. The van der Waals surface area contributed by atoms with Crippen LogP contribution in [0.5, 0.6) is 0 Å². The summed E-state index contributed by atoms with van der Waals surface area (Å²) in [6.07, 6.45) is 0. The monoisotopic (exact) mass is 534 g/mol. The molecule has 0 radical (unpaired) electrons. The van der Waals surface area contributed by atoms with Crippen LogP contribution < -0.4 is 10.6 Å². The highest BCUT2D eigenvalue weighted by atomic mass is 127. The molecule has 2 aromatic rings. The van der Waals surface area contributed by atoms with Crippen LogP contribution in [0.4, 0.5) is 0 Å². The van der Waals surface area contributed by atoms with Gasteiger partial charge in [-0.2, -0.15) is 4.98 Å². The number of aliphatic imine (C=N–C) groups is 1. The van der Waals surface area contributed by atoms with Crippen LogP contribution in [0.25, 0.3) is 11.4 Å². The van der Waals surface area contributed by atoms with Gasteiger partial charge >= 0.3 is 0 Å². The van der Waals surface area contributed by atoms with E-state index in [1.165, 1.54) is 0 Å². The molecule has 0 unspecified atom stereocenters. The zero-order chi connectivity index (χ0) is 20.7. The summed E-state index contributed by atoms with van der Waals surface area (Å²) in [5.74, 6) is 1.32. The molecular formula is C19H28ClIN6O2. The van der Waals surface area contributed by atoms with Crippen molar-refractivity contribution < 1.29 is 9.32 Å². The van der Waals surface area contributed by atoms with E-state index in [2.05, 4.69) is 25.8 Å². The summed E-state index contributed by atoms with van der Waals surface area (Å²) < 4.78 is 5.28. The largest absolute Gasteiger partial charge is 0.356 e. The Labute approximate surface area is 193 Å². The zero-order valence-corrected chi connectivity index (χ0v) is 20.4. The van der Waals surface area contributed by atoms with Crippen molar-refractivity contribution in [3.8, 4) is 11.4 Å². The second kappa shape index (κ2) is 11.3. The minimum absolute atomic E-state index is 0. The van der Waals surface area contributed by atoms with Crippen LogP contribution >= 0.6 is 35.6 Å². The summed E-state index contributed by atoms with van der Waals surface area (Å²) in [7, 11) is 1.80. The highest BCUT2D eigenvalue weighted by Crippen LogP contribution is 2.20. The number of benzene rings is 1. The van der Waals surface area contributed by atoms with Crippen molar-refractivity contribution in [3.63, 3.8) is 0 Å². The van der Waals surface area contributed by atoms with Gasteiger partial charge in [-0.15, -0.1) is 24.0 Å². The number of rotatable bonds is 6. The molecule has 0 spiro atoms. The first-order valence-electron chi connectivity index (χ1n) is 9.07. The SMILES string of the molecule is CCNC(=NCc1nc(-c2cccc(Cl)c2)no1)N(C)CC(=O)NC(C)(C)C.I. The number of carbonyl (C=O) groups is 1. The minimum atomic E-state index is -0.284. The molecule has 2 rings (SSSR count). The molecule has 10 heteroatoms. The Morgan fingerprint density at radius 1 is 1.34 bits per heavy atom. The Morgan fingerprint density at radius 3 is 2.69 bits per heavy atom. The van der Waals surface area contributed by atoms with E-state index in [4.69, 9.17) is 16.1 Å². The van der Waals surface area contributed by atoms with Gasteiger partial charge in [0.05, 0.1) is 6.54 Å². The Morgan fingerprint density at radius 2 is 2.07 bits per heavy atom. The number of guanidine groups is 1. The van der Waals surface area contributed by atoms with Crippen LogP contribution in [0.2, 0.25) is 5.02 Å². The smallest absolute Gasteiger partial charge is 0.248 e. The second-order valence-corrected chi connectivity index (χ2v) is 7.78. The third-order valence-electron chi connectivity index (χ3n) is 3.51. The van der Waals surface area contributed by atoms with Gasteiger partial charge in [0.25, 0.3) is 0 Å². The molecule has 1 aromatic heterocycles. The van der Waals surface area contributed by atoms with Gasteiger partial charge in [0, 0.05) is 29.7 Å². The molecule has 0 aliphatic heterocycles. The van der Waals surface area contributed by atoms with E-state index >= 15 is 0 Å². The van der Waals surface area contributed by atoms with Crippen molar-refractivity contribution in [2.45, 2.75) is 39.8 Å². The lowest BCUT2D eigenvalue weighted by atomic mass is 10.1. The molecule has 0 bridgehead atoms. The average molecular weight is 535 g/mol. The van der Waals surface area contributed by atoms with Crippen LogP contribution in [-0.4, -0.2) is 52.6 Å². The predicted molar refractivity (Wildman–Crippen MR) is 126 cm³/mol. The van der Waals surface area contributed by atoms with Gasteiger partial charge in [0.2, 0.25) is 17.6 Å². The first-order valence-corrected chi connectivity index (χ1v) is 9.44. The lowest BCUT2D eigenvalue weighted by Gasteiger charge is -2.25. The van der Waals surface area contributed by atoms with E-state index in [0.29, 0.717) is 29.2 Å². The van der Waals surface area contributed by atoms with Crippen molar-refractivity contribution in [2.24, 2.45) is 4.99 Å². The molecule has 0 fully saturated rings. The molecular weight excluding hydrogens is 507 g/mol. The maximum absolute atomic E-state index is 12.2. The first kappa shape index (κ1) is 25.2. The fourth-order valence-electron chi connectivity index (χ4n) is 2.42. The van der Waals surface area contributed by atoms with Crippen molar-refractivity contribution in [1.29, 1.82) is 0 Å². The van der Waals surface area contributed by atoms with Crippen LogP contribution in [-0.2, 0) is 11.3 Å². The van der Waals surface area contributed by atoms with Crippen molar-refractivity contribution in [2.75, 3.05) is 20.1 Å². The molecule has 0 saturated heterocycles. The Bertz CT molecular complexity index is 834. The molecule has 1 amide bonds. The molecule has 1 heterocycles. The van der Waals surface area contributed by atoms with Gasteiger partial charge < -0.3 is 20.1 Å². The number of aromatic nitrogens is 2. The molecule has 8 nitrogen and oxygen atoms in total. The number of nitrogens with one attached hydrogen (secondary N) is 2. The lowest BCUT2D eigenvalue weighted by molar-refractivity contribution is -0.122. The Hall–Kier alpha value is -1.88. The number of carbonyl (C=O) groups excluding carboxylic acids is 1. The van der Waals surface area contributed by atoms with Crippen molar-refractivity contribution in [3.05, 3.63) is 35.2 Å². The highest BCUT2D eigenvalue weighted by Gasteiger charge is 2.17. The summed E-state index contributed by atoms with van der Waals surface area (Å²) in [4.78, 5) is 22.7. The first-order chi connectivity index (χ1) is 13.2. The van der Waals surface area contributed by atoms with Crippen molar-refractivity contribution >= 4 is 47.4 Å². The fourth-order valence-corrected chi connectivity index (χ4v) is 2.61. The van der Waals surface area contributed by atoms with Gasteiger partial charge in [0.15, 0.2) is 5.96 Å². The minimum Gasteiger partial charge on any atom is -0.356 e. The third-order valence-corrected chi connectivity index (χ3v) is 3.74. The lowest BCUT2D eigenvalue weighted by Crippen LogP contribution is -2.48. The molecule has 2 N–H and O–H groups in total. The maximum atomic E-state index is 12.2. The number of likely N-dealkylation sites (N-methyl/N-ethyl adjacent to an activating group) is 1. The molecule has 1 aromatic carbocycles. The van der Waals surface area contributed by atoms with E-state index in [1.807, 2.05) is 39.8 Å². The Balaban J connectivity index is 0.00000420. The average Bonchev–Trinajstić information content (AvgIpc) is 3.05. The van der Waals surface area contributed by atoms with Gasteiger partial charge in [-0.25, -0.2) is 4.99 Å². The molecule has 29 heavy (non-hydrogen) atoms. The van der Waals surface area contributed by atoms with E-state index in [1.54, 1.807) is 24.1 Å². The molecule has 0 atom stereocenters. The quantitative estimate of drug-likeness (QED) is 0.335. The normalized spacial score (nSPS) is 11.6. The molecule has 0 saturated carbocycles. The standard InChI is InChI=1S/C19H27ClN6O2.HI/c1-6-21-18(26(5)12-15(27)24-19(2,3)4)22-11-16-23-17(25-28-16)13-8-7-9-14(20)10-13;/h7-10H,6,11-12H2,1-5H3,(H,21,22)(H,24,27);1H. The number of halogens is 2. The van der Waals surface area contributed by atoms with Gasteiger partial charge in [-0.3, -0.25) is 4.79 Å². The summed E-state index contributed by atoms with van der Waals surface area (Å²) in [6, 6.07) is 7.23. The number of hydrogen-bond acceptors (Lipinski definition) is 5. The van der Waals surface area contributed by atoms with Crippen LogP contribution in [0.1, 0.15) is 33.6 Å². The highest BCUT2D eigenvalue weighted by molar-refractivity contribution is 14.0. The van der Waals surface area contributed by atoms with E-state index in [-0.39, 0.29) is 48.5 Å².